The number of nitrogens with zero attached hydrogens (tertiary/aromatic N) is 2. The fraction of sp³-hybridized carbons (Fsp3) is 0.786. The van der Waals surface area contributed by atoms with E-state index in [0.717, 1.165) is 19.6 Å². The number of imide groups is 1. The Kier molecular flexibility index (Phi) is 6.29. The van der Waals surface area contributed by atoms with Gasteiger partial charge in [-0.1, -0.05) is 0 Å². The van der Waals surface area contributed by atoms with Crippen molar-refractivity contribution >= 4 is 17.7 Å². The summed E-state index contributed by atoms with van der Waals surface area (Å²) in [5.41, 5.74) is 5.50. The number of hydrogen-bond acceptors (Lipinski definition) is 6. The van der Waals surface area contributed by atoms with Crippen molar-refractivity contribution in [3.8, 4) is 0 Å². The van der Waals surface area contributed by atoms with E-state index in [9.17, 15) is 14.4 Å². The summed E-state index contributed by atoms with van der Waals surface area (Å²) >= 11 is 0. The first-order chi connectivity index (χ1) is 10.6. The van der Waals surface area contributed by atoms with Crippen molar-refractivity contribution in [3.63, 3.8) is 0 Å². The van der Waals surface area contributed by atoms with Gasteiger partial charge in [0.1, 0.15) is 0 Å². The molecule has 0 spiro atoms. The second-order valence-corrected chi connectivity index (χ2v) is 5.77. The van der Waals surface area contributed by atoms with Crippen LogP contribution in [-0.4, -0.2) is 79.9 Å². The first-order valence-corrected chi connectivity index (χ1v) is 7.89. The average Bonchev–Trinajstić information content (AvgIpc) is 2.56. The Morgan fingerprint density at radius 2 is 1.73 bits per heavy atom. The summed E-state index contributed by atoms with van der Waals surface area (Å²) in [5.74, 6) is -1.94. The predicted molar refractivity (Wildman–Crippen MR) is 80.8 cm³/mol. The van der Waals surface area contributed by atoms with Crippen molar-refractivity contribution in [3.05, 3.63) is 0 Å². The Bertz CT molecular complexity index is 415. The summed E-state index contributed by atoms with van der Waals surface area (Å²) in [7, 11) is 0. The number of rotatable bonds is 3. The van der Waals surface area contributed by atoms with Crippen LogP contribution in [0.2, 0.25) is 0 Å². The highest BCUT2D eigenvalue weighted by molar-refractivity contribution is 6.37. The third kappa shape index (κ3) is 4.49. The molecule has 0 radical (unpaired) electrons. The normalized spacial score (nSPS) is 20.7. The number of nitrogens with one attached hydrogen (secondary N) is 2. The molecule has 0 bridgehead atoms. The molecule has 3 amide bonds. The predicted octanol–water partition coefficient (Wildman–Crippen LogP) is -2.27. The number of amides is 3. The third-order valence-corrected chi connectivity index (χ3v) is 4.25. The maximum Gasteiger partial charge on any atom is 0.316 e. The first kappa shape index (κ1) is 16.9. The first-order valence-electron chi connectivity index (χ1n) is 7.89. The summed E-state index contributed by atoms with van der Waals surface area (Å²) in [6.07, 6.45) is 1.40. The Balaban J connectivity index is 1.77. The van der Waals surface area contributed by atoms with Crippen LogP contribution in [0.15, 0.2) is 0 Å². The molecular weight excluding hydrogens is 286 g/mol. The lowest BCUT2D eigenvalue weighted by Crippen LogP contribution is -2.54. The summed E-state index contributed by atoms with van der Waals surface area (Å²) in [5, 5.41) is 5.41. The van der Waals surface area contributed by atoms with Gasteiger partial charge in [0, 0.05) is 45.2 Å². The maximum atomic E-state index is 12.1. The van der Waals surface area contributed by atoms with Crippen LogP contribution in [-0.2, 0) is 14.4 Å². The number of carbonyl (C=O) groups excluding carboxylic acids is 3. The second kappa shape index (κ2) is 8.21. The zero-order chi connectivity index (χ0) is 15.9. The van der Waals surface area contributed by atoms with Crippen LogP contribution in [0.25, 0.3) is 0 Å². The standard InChI is InChI=1S/C14H25N5O3/c15-3-6-18-7-9-19(10-8-18)14(22)13(21)17-12(20)11-1-4-16-5-2-11/h11,16H,1-10,15H2,(H,17,20,21). The van der Waals surface area contributed by atoms with Crippen molar-refractivity contribution in [2.75, 3.05) is 52.4 Å². The highest BCUT2D eigenvalue weighted by Gasteiger charge is 2.29. The van der Waals surface area contributed by atoms with E-state index in [4.69, 9.17) is 5.73 Å². The summed E-state index contributed by atoms with van der Waals surface area (Å²) < 4.78 is 0. The molecule has 0 aromatic heterocycles. The molecule has 0 atom stereocenters. The minimum atomic E-state index is -0.809. The fourth-order valence-electron chi connectivity index (χ4n) is 2.85. The highest BCUT2D eigenvalue weighted by Crippen LogP contribution is 2.11. The Morgan fingerprint density at radius 3 is 2.32 bits per heavy atom. The van der Waals surface area contributed by atoms with E-state index in [2.05, 4.69) is 15.5 Å². The van der Waals surface area contributed by atoms with Crippen LogP contribution in [0.3, 0.4) is 0 Å². The van der Waals surface area contributed by atoms with Gasteiger partial charge in [0.2, 0.25) is 5.91 Å². The quantitative estimate of drug-likeness (QED) is 0.507. The Labute approximate surface area is 130 Å². The SMILES string of the molecule is NCCN1CCN(C(=O)C(=O)NC(=O)C2CCNCC2)CC1. The molecule has 0 aromatic carbocycles. The molecule has 0 aromatic rings. The van der Waals surface area contributed by atoms with Gasteiger partial charge in [0.05, 0.1) is 0 Å². The van der Waals surface area contributed by atoms with Crippen LogP contribution in [0.5, 0.6) is 0 Å². The van der Waals surface area contributed by atoms with Gasteiger partial charge in [0.15, 0.2) is 0 Å². The van der Waals surface area contributed by atoms with E-state index in [0.29, 0.717) is 45.6 Å². The summed E-state index contributed by atoms with van der Waals surface area (Å²) in [4.78, 5) is 39.7. The smallest absolute Gasteiger partial charge is 0.316 e. The highest BCUT2D eigenvalue weighted by atomic mass is 16.2. The van der Waals surface area contributed by atoms with E-state index < -0.39 is 11.8 Å². The summed E-state index contributed by atoms with van der Waals surface area (Å²) in [6, 6.07) is 0. The lowest BCUT2D eigenvalue weighted by Gasteiger charge is -2.34. The van der Waals surface area contributed by atoms with Crippen molar-refractivity contribution < 1.29 is 14.4 Å². The van der Waals surface area contributed by atoms with Gasteiger partial charge in [-0.25, -0.2) is 0 Å². The van der Waals surface area contributed by atoms with Gasteiger partial charge in [-0.2, -0.15) is 0 Å². The van der Waals surface area contributed by atoms with E-state index in [1.807, 2.05) is 0 Å². The van der Waals surface area contributed by atoms with E-state index in [1.54, 1.807) is 0 Å². The van der Waals surface area contributed by atoms with Gasteiger partial charge in [-0.05, 0) is 25.9 Å². The molecule has 2 aliphatic heterocycles. The van der Waals surface area contributed by atoms with Crippen molar-refractivity contribution in [1.29, 1.82) is 0 Å². The largest absolute Gasteiger partial charge is 0.332 e. The van der Waals surface area contributed by atoms with Crippen LogP contribution in [0.1, 0.15) is 12.8 Å². The Morgan fingerprint density at radius 1 is 1.09 bits per heavy atom. The molecule has 4 N–H and O–H groups in total. The molecule has 0 unspecified atom stereocenters. The molecule has 8 nitrogen and oxygen atoms in total. The molecule has 124 valence electrons. The van der Waals surface area contributed by atoms with Crippen LogP contribution < -0.4 is 16.4 Å². The number of nitrogens with two attached hydrogens (primary N) is 1. The average molecular weight is 311 g/mol. The van der Waals surface area contributed by atoms with Crippen molar-refractivity contribution in [2.24, 2.45) is 11.7 Å². The molecule has 2 saturated heterocycles. The molecule has 22 heavy (non-hydrogen) atoms. The molecule has 0 aliphatic carbocycles. The van der Waals surface area contributed by atoms with Gasteiger partial charge in [-0.15, -0.1) is 0 Å². The third-order valence-electron chi connectivity index (χ3n) is 4.25. The lowest BCUT2D eigenvalue weighted by molar-refractivity contribution is -0.149. The van der Waals surface area contributed by atoms with Gasteiger partial charge < -0.3 is 16.0 Å². The number of piperazine rings is 1. The minimum absolute atomic E-state index is 0.181. The molecule has 2 rings (SSSR count). The minimum Gasteiger partial charge on any atom is -0.332 e. The monoisotopic (exact) mass is 311 g/mol. The zero-order valence-corrected chi connectivity index (χ0v) is 12.8. The van der Waals surface area contributed by atoms with Crippen LogP contribution >= 0.6 is 0 Å². The number of hydrogen-bond donors (Lipinski definition) is 3. The fourth-order valence-corrected chi connectivity index (χ4v) is 2.85. The molecule has 2 fully saturated rings. The van der Waals surface area contributed by atoms with E-state index >= 15 is 0 Å². The topological polar surface area (TPSA) is 108 Å². The van der Waals surface area contributed by atoms with Gasteiger partial charge in [-0.3, -0.25) is 24.6 Å². The van der Waals surface area contributed by atoms with E-state index in [-0.39, 0.29) is 11.8 Å². The lowest BCUT2D eigenvalue weighted by atomic mass is 9.97. The second-order valence-electron chi connectivity index (χ2n) is 5.77. The molecular formula is C14H25N5O3. The van der Waals surface area contributed by atoms with Crippen molar-refractivity contribution in [1.82, 2.24) is 20.4 Å². The van der Waals surface area contributed by atoms with Crippen molar-refractivity contribution in [2.45, 2.75) is 12.8 Å². The molecule has 0 saturated carbocycles. The van der Waals surface area contributed by atoms with Gasteiger partial charge in [0.25, 0.3) is 0 Å². The molecule has 2 heterocycles. The Hall–Kier alpha value is -1.51. The zero-order valence-electron chi connectivity index (χ0n) is 12.8. The number of carbonyl (C=O) groups is 3. The van der Waals surface area contributed by atoms with Crippen LogP contribution in [0, 0.1) is 5.92 Å². The van der Waals surface area contributed by atoms with E-state index in [1.165, 1.54) is 4.90 Å². The number of piperidine rings is 1. The molecule has 8 heteroatoms. The maximum absolute atomic E-state index is 12.1. The summed E-state index contributed by atoms with van der Waals surface area (Å²) in [6.45, 7) is 5.31. The van der Waals surface area contributed by atoms with Crippen LogP contribution in [0.4, 0.5) is 0 Å². The van der Waals surface area contributed by atoms with Gasteiger partial charge >= 0.3 is 11.8 Å². The molecule has 2 aliphatic rings.